The van der Waals surface area contributed by atoms with Crippen LogP contribution in [0.4, 0.5) is 16.2 Å². The summed E-state index contributed by atoms with van der Waals surface area (Å²) in [5.74, 6) is -0.251. The van der Waals surface area contributed by atoms with E-state index in [-0.39, 0.29) is 5.91 Å². The zero-order valence-electron chi connectivity index (χ0n) is 13.3. The van der Waals surface area contributed by atoms with E-state index in [1.54, 1.807) is 49.5 Å². The van der Waals surface area contributed by atoms with Crippen LogP contribution in [0.25, 0.3) is 6.08 Å². The summed E-state index contributed by atoms with van der Waals surface area (Å²) < 4.78 is 4.64. The fraction of sp³-hybridized carbons (Fsp3) is 0.111. The standard InChI is InChI=1S/C18H17ClN2O3/c1-21(18(23)24-2)16-10-8-15(9-11-16)20-17(22)12-5-13-3-6-14(19)7-4-13/h3-12H,1-2H3,(H,20,22). The minimum Gasteiger partial charge on any atom is -0.452 e. The Balaban J connectivity index is 1.96. The van der Waals surface area contributed by atoms with Crippen LogP contribution in [0.3, 0.4) is 0 Å². The zero-order valence-corrected chi connectivity index (χ0v) is 14.1. The monoisotopic (exact) mass is 344 g/mol. The molecule has 0 aliphatic carbocycles. The first kappa shape index (κ1) is 17.6. The smallest absolute Gasteiger partial charge is 0.413 e. The van der Waals surface area contributed by atoms with Crippen LogP contribution in [0.5, 0.6) is 0 Å². The number of benzene rings is 2. The van der Waals surface area contributed by atoms with Crippen molar-refractivity contribution in [1.82, 2.24) is 0 Å². The molecule has 0 fully saturated rings. The van der Waals surface area contributed by atoms with Gasteiger partial charge < -0.3 is 10.1 Å². The van der Waals surface area contributed by atoms with E-state index in [1.165, 1.54) is 18.1 Å². The SMILES string of the molecule is COC(=O)N(C)c1ccc(NC(=O)C=Cc2ccc(Cl)cc2)cc1. The number of rotatable bonds is 4. The summed E-state index contributed by atoms with van der Waals surface area (Å²) in [6.07, 6.45) is 2.68. The number of methoxy groups -OCH3 is 1. The van der Waals surface area contributed by atoms with E-state index < -0.39 is 6.09 Å². The topological polar surface area (TPSA) is 58.6 Å². The van der Waals surface area contributed by atoms with Gasteiger partial charge in [-0.3, -0.25) is 9.69 Å². The molecule has 2 rings (SSSR count). The fourth-order valence-electron chi connectivity index (χ4n) is 1.94. The normalized spacial score (nSPS) is 10.5. The van der Waals surface area contributed by atoms with Crippen molar-refractivity contribution in [2.45, 2.75) is 0 Å². The van der Waals surface area contributed by atoms with Gasteiger partial charge in [-0.15, -0.1) is 0 Å². The van der Waals surface area contributed by atoms with E-state index in [1.807, 2.05) is 12.1 Å². The van der Waals surface area contributed by atoms with Gasteiger partial charge in [0.05, 0.1) is 7.11 Å². The molecule has 2 aromatic rings. The third-order valence-electron chi connectivity index (χ3n) is 3.27. The minimum atomic E-state index is -0.460. The molecule has 0 aliphatic rings. The van der Waals surface area contributed by atoms with Crippen molar-refractivity contribution in [1.29, 1.82) is 0 Å². The molecule has 0 aliphatic heterocycles. The largest absolute Gasteiger partial charge is 0.452 e. The molecular formula is C18H17ClN2O3. The minimum absolute atomic E-state index is 0.251. The molecule has 0 saturated carbocycles. The van der Waals surface area contributed by atoms with Gasteiger partial charge in [-0.2, -0.15) is 0 Å². The summed E-state index contributed by atoms with van der Waals surface area (Å²) >= 11 is 5.81. The summed E-state index contributed by atoms with van der Waals surface area (Å²) in [6.45, 7) is 0. The quantitative estimate of drug-likeness (QED) is 0.846. The Bertz CT molecular complexity index is 740. The molecule has 24 heavy (non-hydrogen) atoms. The average molecular weight is 345 g/mol. The predicted molar refractivity (Wildman–Crippen MR) is 96.4 cm³/mol. The Morgan fingerprint density at radius 2 is 1.71 bits per heavy atom. The summed E-state index contributed by atoms with van der Waals surface area (Å²) in [7, 11) is 2.93. The lowest BCUT2D eigenvalue weighted by Gasteiger charge is -2.15. The second kappa shape index (κ2) is 8.17. The maximum absolute atomic E-state index is 11.9. The van der Waals surface area contributed by atoms with Gasteiger partial charge in [0.1, 0.15) is 0 Å². The molecule has 124 valence electrons. The van der Waals surface area contributed by atoms with Gasteiger partial charge in [0, 0.05) is 29.5 Å². The summed E-state index contributed by atoms with van der Waals surface area (Å²) in [4.78, 5) is 24.7. The van der Waals surface area contributed by atoms with Crippen molar-refractivity contribution in [2.75, 3.05) is 24.4 Å². The second-order valence-electron chi connectivity index (χ2n) is 4.95. The van der Waals surface area contributed by atoms with Crippen molar-refractivity contribution < 1.29 is 14.3 Å². The van der Waals surface area contributed by atoms with E-state index in [2.05, 4.69) is 10.1 Å². The van der Waals surface area contributed by atoms with E-state index in [4.69, 9.17) is 11.6 Å². The lowest BCUT2D eigenvalue weighted by atomic mass is 10.2. The highest BCUT2D eigenvalue weighted by Gasteiger charge is 2.10. The van der Waals surface area contributed by atoms with Crippen LogP contribution in [-0.2, 0) is 9.53 Å². The number of hydrogen-bond donors (Lipinski definition) is 1. The van der Waals surface area contributed by atoms with E-state index in [0.717, 1.165) is 5.56 Å². The molecule has 0 radical (unpaired) electrons. The average Bonchev–Trinajstić information content (AvgIpc) is 2.60. The first-order valence-corrected chi connectivity index (χ1v) is 7.54. The van der Waals surface area contributed by atoms with Crippen LogP contribution in [0.1, 0.15) is 5.56 Å². The van der Waals surface area contributed by atoms with E-state index in [9.17, 15) is 9.59 Å². The van der Waals surface area contributed by atoms with Gasteiger partial charge in [0.15, 0.2) is 0 Å². The number of ether oxygens (including phenoxy) is 1. The number of nitrogens with one attached hydrogen (secondary N) is 1. The third kappa shape index (κ3) is 4.86. The van der Waals surface area contributed by atoms with Gasteiger partial charge in [-0.25, -0.2) is 4.79 Å². The van der Waals surface area contributed by atoms with Gasteiger partial charge in [0.25, 0.3) is 0 Å². The second-order valence-corrected chi connectivity index (χ2v) is 5.39. The molecule has 0 unspecified atom stereocenters. The Labute approximate surface area is 145 Å². The molecule has 0 spiro atoms. The van der Waals surface area contributed by atoms with Crippen molar-refractivity contribution in [3.05, 3.63) is 65.2 Å². The molecule has 6 heteroatoms. The number of carbonyl (C=O) groups is 2. The third-order valence-corrected chi connectivity index (χ3v) is 3.52. The maximum Gasteiger partial charge on any atom is 0.413 e. The fourth-order valence-corrected chi connectivity index (χ4v) is 2.07. The number of amides is 2. The highest BCUT2D eigenvalue weighted by atomic mass is 35.5. The lowest BCUT2D eigenvalue weighted by Crippen LogP contribution is -2.25. The number of anilines is 2. The molecule has 0 saturated heterocycles. The van der Waals surface area contributed by atoms with Crippen molar-refractivity contribution >= 4 is 41.1 Å². The van der Waals surface area contributed by atoms with Gasteiger partial charge >= 0.3 is 6.09 Å². The molecule has 1 N–H and O–H groups in total. The van der Waals surface area contributed by atoms with Gasteiger partial charge in [-0.05, 0) is 48.0 Å². The van der Waals surface area contributed by atoms with Crippen molar-refractivity contribution in [3.63, 3.8) is 0 Å². The number of carbonyl (C=O) groups excluding carboxylic acids is 2. The number of nitrogens with zero attached hydrogens (tertiary/aromatic N) is 1. The first-order chi connectivity index (χ1) is 11.5. The van der Waals surface area contributed by atoms with Crippen molar-refractivity contribution in [3.8, 4) is 0 Å². The van der Waals surface area contributed by atoms with Crippen LogP contribution in [0.2, 0.25) is 5.02 Å². The Morgan fingerprint density at radius 1 is 1.08 bits per heavy atom. The van der Waals surface area contributed by atoms with Gasteiger partial charge in [-0.1, -0.05) is 23.7 Å². The van der Waals surface area contributed by atoms with E-state index >= 15 is 0 Å². The Morgan fingerprint density at radius 3 is 2.29 bits per heavy atom. The number of hydrogen-bond acceptors (Lipinski definition) is 3. The molecule has 2 amide bonds. The van der Waals surface area contributed by atoms with Gasteiger partial charge in [0.2, 0.25) is 5.91 Å². The molecule has 5 nitrogen and oxygen atoms in total. The lowest BCUT2D eigenvalue weighted by molar-refractivity contribution is -0.111. The highest BCUT2D eigenvalue weighted by Crippen LogP contribution is 2.17. The summed E-state index contributed by atoms with van der Waals surface area (Å²) in [5.41, 5.74) is 2.17. The van der Waals surface area contributed by atoms with Crippen LogP contribution >= 0.6 is 11.6 Å². The van der Waals surface area contributed by atoms with Crippen LogP contribution in [0, 0.1) is 0 Å². The highest BCUT2D eigenvalue weighted by molar-refractivity contribution is 6.30. The molecule has 0 aromatic heterocycles. The van der Waals surface area contributed by atoms with Crippen LogP contribution < -0.4 is 10.2 Å². The maximum atomic E-state index is 11.9. The molecular weight excluding hydrogens is 328 g/mol. The molecule has 2 aromatic carbocycles. The Hall–Kier alpha value is -2.79. The van der Waals surface area contributed by atoms with Crippen molar-refractivity contribution in [2.24, 2.45) is 0 Å². The zero-order chi connectivity index (χ0) is 17.5. The molecule has 0 bridgehead atoms. The van der Waals surface area contributed by atoms with Crippen LogP contribution in [0.15, 0.2) is 54.6 Å². The summed E-state index contributed by atoms with van der Waals surface area (Å²) in [5, 5.41) is 3.39. The predicted octanol–water partition coefficient (Wildman–Crippen LogP) is 4.19. The molecule has 0 heterocycles. The van der Waals surface area contributed by atoms with Crippen LogP contribution in [-0.4, -0.2) is 26.2 Å². The first-order valence-electron chi connectivity index (χ1n) is 7.16. The van der Waals surface area contributed by atoms with E-state index in [0.29, 0.717) is 16.4 Å². The Kier molecular flexibility index (Phi) is 5.98. The number of halogens is 1. The summed E-state index contributed by atoms with van der Waals surface area (Å²) in [6, 6.07) is 14.0. The molecule has 0 atom stereocenters.